The van der Waals surface area contributed by atoms with E-state index in [9.17, 15) is 9.59 Å². The number of hydrogen-bond donors (Lipinski definition) is 1. The number of benzene rings is 1. The average molecular weight is 511 g/mol. The zero-order chi connectivity index (χ0) is 26.1. The van der Waals surface area contributed by atoms with Gasteiger partial charge in [0.1, 0.15) is 5.69 Å². The number of amides is 2. The van der Waals surface area contributed by atoms with Gasteiger partial charge < -0.3 is 10.6 Å². The van der Waals surface area contributed by atoms with Crippen molar-refractivity contribution in [2.24, 2.45) is 11.7 Å². The minimum atomic E-state index is -0.647. The van der Waals surface area contributed by atoms with Crippen molar-refractivity contribution >= 4 is 17.5 Å². The molecule has 2 amide bonds. The molecular weight excluding hydrogens is 483 g/mol. The fraction of sp³-hybridized carbons (Fsp3) is 0.345. The Labute approximate surface area is 218 Å². The summed E-state index contributed by atoms with van der Waals surface area (Å²) in [6.45, 7) is 2.69. The normalized spacial score (nSPS) is 22.4. The van der Waals surface area contributed by atoms with E-state index in [-0.39, 0.29) is 35.3 Å². The number of nitrogens with two attached hydrogens (primary N) is 1. The number of hydrogen-bond acceptors (Lipinski definition) is 5. The van der Waals surface area contributed by atoms with Crippen molar-refractivity contribution in [1.82, 2.24) is 24.5 Å². The third-order valence-electron chi connectivity index (χ3n) is 8.21. The summed E-state index contributed by atoms with van der Waals surface area (Å²) in [5.41, 5.74) is 10.8. The van der Waals surface area contributed by atoms with Crippen molar-refractivity contribution < 1.29 is 14.0 Å². The lowest BCUT2D eigenvalue weighted by atomic mass is 9.93. The van der Waals surface area contributed by atoms with Crippen LogP contribution in [-0.4, -0.2) is 42.8 Å². The van der Waals surface area contributed by atoms with Gasteiger partial charge in [-0.05, 0) is 61.9 Å². The Kier molecular flexibility index (Phi) is 5.11. The lowest BCUT2D eigenvalue weighted by molar-refractivity contribution is -0.119. The summed E-state index contributed by atoms with van der Waals surface area (Å²) in [6, 6.07) is 15.1. The predicted molar refractivity (Wildman–Crippen MR) is 138 cm³/mol. The van der Waals surface area contributed by atoms with Crippen LogP contribution in [-0.2, 0) is 11.2 Å². The molecule has 3 aliphatic rings. The van der Waals surface area contributed by atoms with Crippen LogP contribution in [0.2, 0.25) is 0 Å². The van der Waals surface area contributed by atoms with E-state index in [0.717, 1.165) is 25.0 Å². The van der Waals surface area contributed by atoms with Gasteiger partial charge in [-0.3, -0.25) is 9.59 Å². The van der Waals surface area contributed by atoms with Gasteiger partial charge in [0, 0.05) is 41.8 Å². The molecule has 7 rings (SSSR count). The van der Waals surface area contributed by atoms with Gasteiger partial charge >= 0.3 is 0 Å². The molecule has 3 aromatic heterocycles. The van der Waals surface area contributed by atoms with Gasteiger partial charge in [-0.1, -0.05) is 24.3 Å². The molecule has 4 heterocycles. The molecule has 8 nitrogen and oxygen atoms in total. The first-order valence-electron chi connectivity index (χ1n) is 13.1. The first-order valence-corrected chi connectivity index (χ1v) is 13.1. The van der Waals surface area contributed by atoms with E-state index in [0.29, 0.717) is 41.6 Å². The highest BCUT2D eigenvalue weighted by molar-refractivity contribution is 5.93. The Bertz CT molecular complexity index is 1630. The van der Waals surface area contributed by atoms with Crippen LogP contribution in [0.1, 0.15) is 77.1 Å². The van der Waals surface area contributed by atoms with Crippen molar-refractivity contribution in [3.8, 4) is 11.3 Å². The molecule has 1 aliphatic heterocycles. The molecule has 2 saturated carbocycles. The first kappa shape index (κ1) is 23.0. The Balaban J connectivity index is 1.23. The highest BCUT2D eigenvalue weighted by Crippen LogP contribution is 2.47. The number of pyridine rings is 1. The van der Waals surface area contributed by atoms with Crippen LogP contribution < -0.4 is 5.73 Å². The summed E-state index contributed by atoms with van der Waals surface area (Å²) in [5.74, 6) is -1.24. The maximum atomic E-state index is 15.1. The number of aromatic nitrogens is 4. The third-order valence-corrected chi connectivity index (χ3v) is 8.21. The van der Waals surface area contributed by atoms with Crippen LogP contribution in [0.4, 0.5) is 4.39 Å². The second-order valence-electron chi connectivity index (χ2n) is 10.7. The largest absolute Gasteiger partial charge is 0.369 e. The van der Waals surface area contributed by atoms with Crippen molar-refractivity contribution in [2.75, 3.05) is 6.54 Å². The molecular formula is C29H27FN6O2. The van der Waals surface area contributed by atoms with E-state index in [1.54, 1.807) is 22.7 Å². The SMILES string of the molecule is C[C@@H]1c2ccccc2CCN1C(=O)c1cc(C2CC2)n2nc(-c3ccc(C4CC4C(N)=O)nc3F)cc2n1. The van der Waals surface area contributed by atoms with Crippen LogP contribution >= 0.6 is 0 Å². The molecule has 1 aromatic carbocycles. The summed E-state index contributed by atoms with van der Waals surface area (Å²) >= 11 is 0. The maximum Gasteiger partial charge on any atom is 0.273 e. The molecule has 0 spiro atoms. The lowest BCUT2D eigenvalue weighted by Gasteiger charge is -2.35. The number of rotatable bonds is 5. The fourth-order valence-electron chi connectivity index (χ4n) is 5.79. The summed E-state index contributed by atoms with van der Waals surface area (Å²) in [6.07, 6.45) is 3.44. The maximum absolute atomic E-state index is 15.1. The van der Waals surface area contributed by atoms with Crippen LogP contribution in [0.5, 0.6) is 0 Å². The van der Waals surface area contributed by atoms with E-state index < -0.39 is 5.95 Å². The molecule has 38 heavy (non-hydrogen) atoms. The highest BCUT2D eigenvalue weighted by atomic mass is 19.1. The van der Waals surface area contributed by atoms with Crippen LogP contribution in [0.15, 0.2) is 48.5 Å². The molecule has 2 aliphatic carbocycles. The summed E-state index contributed by atoms with van der Waals surface area (Å²) in [5, 5.41) is 4.67. The molecule has 9 heteroatoms. The zero-order valence-corrected chi connectivity index (χ0v) is 21.0. The smallest absolute Gasteiger partial charge is 0.273 e. The van der Waals surface area contributed by atoms with Gasteiger partial charge in [0.15, 0.2) is 5.65 Å². The fourth-order valence-corrected chi connectivity index (χ4v) is 5.79. The van der Waals surface area contributed by atoms with E-state index in [1.807, 2.05) is 23.1 Å². The second kappa shape index (κ2) is 8.44. The molecule has 0 saturated heterocycles. The highest BCUT2D eigenvalue weighted by Gasteiger charge is 2.44. The quantitative estimate of drug-likeness (QED) is 0.406. The van der Waals surface area contributed by atoms with E-state index in [4.69, 9.17) is 5.73 Å². The molecule has 4 aromatic rings. The van der Waals surface area contributed by atoms with E-state index in [1.165, 1.54) is 11.1 Å². The van der Waals surface area contributed by atoms with Crippen LogP contribution in [0.3, 0.4) is 0 Å². The summed E-state index contributed by atoms with van der Waals surface area (Å²) < 4.78 is 16.8. The Morgan fingerprint density at radius 3 is 2.63 bits per heavy atom. The molecule has 3 atom stereocenters. The zero-order valence-electron chi connectivity index (χ0n) is 21.0. The summed E-state index contributed by atoms with van der Waals surface area (Å²) in [7, 11) is 0. The lowest BCUT2D eigenvalue weighted by Crippen LogP contribution is -2.39. The number of primary amides is 1. The van der Waals surface area contributed by atoms with Crippen molar-refractivity contribution in [3.63, 3.8) is 0 Å². The molecule has 2 N–H and O–H groups in total. The number of carbonyl (C=O) groups is 2. The van der Waals surface area contributed by atoms with Crippen LogP contribution in [0, 0.1) is 11.9 Å². The molecule has 0 bridgehead atoms. The number of carbonyl (C=O) groups excluding carboxylic acids is 2. The monoisotopic (exact) mass is 510 g/mol. The number of fused-ring (bicyclic) bond motifs is 2. The molecule has 0 radical (unpaired) electrons. The van der Waals surface area contributed by atoms with Gasteiger partial charge in [0.2, 0.25) is 11.9 Å². The predicted octanol–water partition coefficient (Wildman–Crippen LogP) is 4.16. The van der Waals surface area contributed by atoms with Crippen LogP contribution in [0.25, 0.3) is 16.9 Å². The number of halogens is 1. The standard InChI is InChI=1S/C29H27FN6O2/c1-15-18-5-3-2-4-16(18)10-11-35(15)29(38)24-13-25(17-6-7-17)36-26(32-24)14-23(34-36)19-8-9-22(33-27(19)30)20-12-21(20)28(31)37/h2-5,8-9,13-15,17,20-21H,6-7,10-12H2,1H3,(H2,31,37)/t15-,20?,21?/m1/s1. The molecule has 192 valence electrons. The molecule has 2 fully saturated rings. The van der Waals surface area contributed by atoms with Crippen molar-refractivity contribution in [2.45, 2.75) is 50.5 Å². The first-order chi connectivity index (χ1) is 18.4. The van der Waals surface area contributed by atoms with Crippen molar-refractivity contribution in [1.29, 1.82) is 0 Å². The van der Waals surface area contributed by atoms with Gasteiger partial charge in [0.05, 0.1) is 17.3 Å². The Morgan fingerprint density at radius 1 is 1.08 bits per heavy atom. The van der Waals surface area contributed by atoms with Gasteiger partial charge in [-0.2, -0.15) is 9.49 Å². The second-order valence-corrected chi connectivity index (χ2v) is 10.7. The Morgan fingerprint density at radius 2 is 1.89 bits per heavy atom. The topological polar surface area (TPSA) is 106 Å². The van der Waals surface area contributed by atoms with E-state index >= 15 is 4.39 Å². The average Bonchev–Trinajstić information content (AvgIpc) is 3.84. The van der Waals surface area contributed by atoms with Gasteiger partial charge in [-0.25, -0.2) is 14.5 Å². The van der Waals surface area contributed by atoms with E-state index in [2.05, 4.69) is 34.1 Å². The minimum Gasteiger partial charge on any atom is -0.369 e. The Hall–Kier alpha value is -4.14. The minimum absolute atomic E-state index is 0.0466. The summed E-state index contributed by atoms with van der Waals surface area (Å²) in [4.78, 5) is 35.8. The molecule has 2 unspecified atom stereocenters. The van der Waals surface area contributed by atoms with Gasteiger partial charge in [0.25, 0.3) is 5.91 Å². The van der Waals surface area contributed by atoms with Gasteiger partial charge in [-0.15, -0.1) is 0 Å². The number of nitrogens with zero attached hydrogens (tertiary/aromatic N) is 5. The van der Waals surface area contributed by atoms with Crippen molar-refractivity contribution in [3.05, 3.63) is 82.7 Å². The third kappa shape index (κ3) is 3.76.